The van der Waals surface area contributed by atoms with Crippen LogP contribution in [0.25, 0.3) is 0 Å². The van der Waals surface area contributed by atoms with Crippen LogP contribution in [0, 0.1) is 13.8 Å². The molecule has 0 saturated heterocycles. The Kier molecular flexibility index (Phi) is 14.6. The third-order valence-electron chi connectivity index (χ3n) is 3.38. The van der Waals surface area contributed by atoms with Gasteiger partial charge in [0, 0.05) is 37.1 Å². The van der Waals surface area contributed by atoms with Crippen LogP contribution < -0.4 is 10.2 Å². The van der Waals surface area contributed by atoms with Gasteiger partial charge in [-0.2, -0.15) is 0 Å². The zero-order valence-electron chi connectivity index (χ0n) is 16.7. The van der Waals surface area contributed by atoms with Gasteiger partial charge in [0.25, 0.3) is 0 Å². The Morgan fingerprint density at radius 1 is 0.897 bits per heavy atom. The second kappa shape index (κ2) is 15.7. The second-order valence-electron chi connectivity index (χ2n) is 5.52. The molecule has 0 radical (unpaired) electrons. The molecule has 2 aromatic rings. The quantitative estimate of drug-likeness (QED) is 0.422. The lowest BCUT2D eigenvalue weighted by Gasteiger charge is -2.15. The van der Waals surface area contributed by atoms with Crippen molar-refractivity contribution in [2.24, 2.45) is 0 Å². The van der Waals surface area contributed by atoms with Crippen LogP contribution in [0.3, 0.4) is 0 Å². The SMILES string of the molecule is CNc1ccc(C)cc1.Cc1ccc(N(C)C(=O)OCCl)cc1.O=C(Cl)OCCl. The van der Waals surface area contributed by atoms with E-state index in [0.29, 0.717) is 0 Å². The predicted molar refractivity (Wildman–Crippen MR) is 121 cm³/mol. The van der Waals surface area contributed by atoms with Crippen molar-refractivity contribution in [2.75, 3.05) is 36.4 Å². The van der Waals surface area contributed by atoms with Crippen LogP contribution in [0.1, 0.15) is 11.1 Å². The number of alkyl halides is 2. The van der Waals surface area contributed by atoms with Gasteiger partial charge in [0.15, 0.2) is 12.1 Å². The molecule has 0 aliphatic heterocycles. The summed E-state index contributed by atoms with van der Waals surface area (Å²) in [4.78, 5) is 22.2. The van der Waals surface area contributed by atoms with Crippen molar-refractivity contribution in [3.63, 3.8) is 0 Å². The van der Waals surface area contributed by atoms with Crippen molar-refractivity contribution in [3.05, 3.63) is 59.7 Å². The summed E-state index contributed by atoms with van der Waals surface area (Å²) in [5.41, 5.74) is 3.53. The number of benzene rings is 2. The molecule has 0 aromatic heterocycles. The molecule has 1 amide bonds. The van der Waals surface area contributed by atoms with Gasteiger partial charge in [0.1, 0.15) is 0 Å². The zero-order valence-corrected chi connectivity index (χ0v) is 19.0. The van der Waals surface area contributed by atoms with E-state index in [9.17, 15) is 9.59 Å². The fourth-order valence-corrected chi connectivity index (χ4v) is 2.08. The zero-order chi connectivity index (χ0) is 22.2. The highest BCUT2D eigenvalue weighted by atomic mass is 35.5. The first kappa shape index (κ1) is 26.9. The van der Waals surface area contributed by atoms with Crippen molar-refractivity contribution in [1.82, 2.24) is 0 Å². The van der Waals surface area contributed by atoms with Gasteiger partial charge in [0.05, 0.1) is 0 Å². The Balaban J connectivity index is 0.000000448. The Hall–Kier alpha value is -2.15. The van der Waals surface area contributed by atoms with E-state index in [1.165, 1.54) is 16.2 Å². The van der Waals surface area contributed by atoms with E-state index < -0.39 is 11.5 Å². The summed E-state index contributed by atoms with van der Waals surface area (Å²) < 4.78 is 8.57. The highest BCUT2D eigenvalue weighted by Crippen LogP contribution is 2.14. The standard InChI is InChI=1S/C10H12ClNO2.C8H11N.C2H2Cl2O2/c1-8-3-5-9(6-4-8)12(2)10(13)14-7-11;1-7-3-5-8(9-2)6-4-7;3-1-6-2(4)5/h3-6H,7H2,1-2H3;3-6,9H,1-2H3;1H2. The van der Waals surface area contributed by atoms with Gasteiger partial charge in [-0.1, -0.05) is 58.6 Å². The number of ether oxygens (including phenoxy) is 2. The smallest absolute Gasteiger partial charge is 0.415 e. The topological polar surface area (TPSA) is 67.9 Å². The lowest BCUT2D eigenvalue weighted by Crippen LogP contribution is -2.26. The van der Waals surface area contributed by atoms with Crippen LogP contribution in [0.15, 0.2) is 48.5 Å². The van der Waals surface area contributed by atoms with Crippen LogP contribution in [-0.2, 0) is 9.47 Å². The highest BCUT2D eigenvalue weighted by molar-refractivity contribution is 6.61. The van der Waals surface area contributed by atoms with E-state index in [-0.39, 0.29) is 12.1 Å². The molecular weight excluding hydrogens is 439 g/mol. The number of hydrogen-bond acceptors (Lipinski definition) is 5. The maximum absolute atomic E-state index is 11.2. The van der Waals surface area contributed by atoms with E-state index in [1.54, 1.807) is 7.05 Å². The van der Waals surface area contributed by atoms with Gasteiger partial charge in [-0.05, 0) is 38.1 Å². The van der Waals surface area contributed by atoms with E-state index in [4.69, 9.17) is 23.2 Å². The van der Waals surface area contributed by atoms with Crippen molar-refractivity contribution in [3.8, 4) is 0 Å². The third-order valence-corrected chi connectivity index (χ3v) is 3.71. The lowest BCUT2D eigenvalue weighted by molar-refractivity contribution is 0.173. The minimum Gasteiger partial charge on any atom is -0.437 e. The average Bonchev–Trinajstić information content (AvgIpc) is 2.70. The van der Waals surface area contributed by atoms with E-state index in [2.05, 4.69) is 57.6 Å². The summed E-state index contributed by atoms with van der Waals surface area (Å²) in [6, 6.07) is 15.6. The molecule has 6 nitrogen and oxygen atoms in total. The highest BCUT2D eigenvalue weighted by Gasteiger charge is 2.10. The fourth-order valence-electron chi connectivity index (χ4n) is 1.78. The molecule has 2 rings (SSSR count). The van der Waals surface area contributed by atoms with Crippen LogP contribution in [0.4, 0.5) is 21.0 Å². The molecule has 29 heavy (non-hydrogen) atoms. The number of nitrogens with zero attached hydrogens (tertiary/aromatic N) is 1. The largest absolute Gasteiger partial charge is 0.437 e. The maximum atomic E-state index is 11.2. The van der Waals surface area contributed by atoms with Crippen molar-refractivity contribution in [1.29, 1.82) is 0 Å². The van der Waals surface area contributed by atoms with Gasteiger partial charge in [-0.15, -0.1) is 0 Å². The molecule has 9 heteroatoms. The number of hydrogen-bond donors (Lipinski definition) is 1. The summed E-state index contributed by atoms with van der Waals surface area (Å²) in [6.07, 6.45) is -0.455. The predicted octanol–water partition coefficient (Wildman–Crippen LogP) is 6.36. The molecule has 0 aliphatic carbocycles. The van der Waals surface area contributed by atoms with Gasteiger partial charge in [0.2, 0.25) is 0 Å². The average molecular weight is 464 g/mol. The molecule has 1 N–H and O–H groups in total. The molecule has 0 saturated carbocycles. The maximum Gasteiger partial charge on any atom is 0.415 e. The number of carbonyl (C=O) groups excluding carboxylic acids is 2. The Labute approximate surface area is 186 Å². The van der Waals surface area contributed by atoms with E-state index in [1.807, 2.05) is 38.2 Å². The summed E-state index contributed by atoms with van der Waals surface area (Å²) in [6.45, 7) is 4.07. The lowest BCUT2D eigenvalue weighted by atomic mass is 10.2. The summed E-state index contributed by atoms with van der Waals surface area (Å²) in [5.74, 6) is 0. The minimum atomic E-state index is -0.870. The molecule has 160 valence electrons. The molecule has 0 atom stereocenters. The van der Waals surface area contributed by atoms with Crippen molar-refractivity contribution in [2.45, 2.75) is 13.8 Å². The first-order valence-electron chi connectivity index (χ1n) is 8.40. The first-order valence-corrected chi connectivity index (χ1v) is 9.85. The minimum absolute atomic E-state index is 0.130. The second-order valence-corrected chi connectivity index (χ2v) is 6.27. The number of anilines is 2. The monoisotopic (exact) mass is 462 g/mol. The molecule has 0 spiro atoms. The van der Waals surface area contributed by atoms with Gasteiger partial charge in [-0.25, -0.2) is 9.59 Å². The summed E-state index contributed by atoms with van der Waals surface area (Å²) in [7, 11) is 3.56. The van der Waals surface area contributed by atoms with Gasteiger partial charge < -0.3 is 14.8 Å². The third kappa shape index (κ3) is 12.8. The molecule has 0 unspecified atom stereocenters. The molecule has 0 fully saturated rings. The van der Waals surface area contributed by atoms with Crippen LogP contribution in [-0.4, -0.2) is 37.7 Å². The Bertz CT molecular complexity index is 726. The van der Waals surface area contributed by atoms with Crippen LogP contribution in [0.5, 0.6) is 0 Å². The normalized spacial score (nSPS) is 9.07. The number of carbonyl (C=O) groups is 2. The van der Waals surface area contributed by atoms with E-state index in [0.717, 1.165) is 11.3 Å². The van der Waals surface area contributed by atoms with E-state index >= 15 is 0 Å². The van der Waals surface area contributed by atoms with Gasteiger partial charge in [-0.3, -0.25) is 4.90 Å². The number of halogens is 3. The Morgan fingerprint density at radius 3 is 1.69 bits per heavy atom. The number of rotatable bonds is 4. The van der Waals surface area contributed by atoms with Crippen LogP contribution in [0.2, 0.25) is 0 Å². The summed E-state index contributed by atoms with van der Waals surface area (Å²) >= 11 is 14.8. The van der Waals surface area contributed by atoms with Crippen LogP contribution >= 0.6 is 34.8 Å². The summed E-state index contributed by atoms with van der Waals surface area (Å²) in [5, 5.41) is 3.05. The van der Waals surface area contributed by atoms with Gasteiger partial charge >= 0.3 is 11.5 Å². The molecule has 0 aliphatic rings. The molecule has 2 aromatic carbocycles. The molecule has 0 heterocycles. The van der Waals surface area contributed by atoms with Crippen molar-refractivity contribution < 1.29 is 19.1 Å². The fraction of sp³-hybridized carbons (Fsp3) is 0.300. The number of nitrogens with one attached hydrogen (secondary N) is 1. The Morgan fingerprint density at radius 2 is 1.34 bits per heavy atom. The molecule has 0 bridgehead atoms. The molecular formula is C20H25Cl3N2O4. The number of amides is 1. The van der Waals surface area contributed by atoms with Crippen molar-refractivity contribution >= 4 is 57.7 Å². The number of aryl methyl sites for hydroxylation is 2. The first-order chi connectivity index (χ1) is 13.7.